The van der Waals surface area contributed by atoms with E-state index in [2.05, 4.69) is 29.6 Å². The first-order chi connectivity index (χ1) is 9.88. The molecular formula is C17H18ClNO. The Hall–Kier alpha value is -1.67. The predicted octanol–water partition coefficient (Wildman–Crippen LogP) is 4.40. The molecule has 1 aliphatic rings. The van der Waals surface area contributed by atoms with E-state index in [0.29, 0.717) is 11.8 Å². The van der Waals surface area contributed by atoms with Gasteiger partial charge in [0.15, 0.2) is 0 Å². The predicted molar refractivity (Wildman–Crippen MR) is 83.8 cm³/mol. The van der Waals surface area contributed by atoms with Crippen LogP contribution in [0.4, 0.5) is 5.69 Å². The van der Waals surface area contributed by atoms with E-state index in [1.165, 1.54) is 5.56 Å². The van der Waals surface area contributed by atoms with Crippen molar-refractivity contribution in [2.24, 2.45) is 0 Å². The lowest BCUT2D eigenvalue weighted by atomic mass is 9.93. The molecule has 1 N–H and O–H groups in total. The molecular weight excluding hydrogens is 270 g/mol. The van der Waals surface area contributed by atoms with Gasteiger partial charge in [0.2, 0.25) is 0 Å². The van der Waals surface area contributed by atoms with E-state index >= 15 is 0 Å². The molecule has 0 radical (unpaired) electrons. The largest absolute Gasteiger partial charge is 0.493 e. The Morgan fingerprint density at radius 3 is 2.80 bits per heavy atom. The van der Waals surface area contributed by atoms with Crippen molar-refractivity contribution in [2.75, 3.05) is 18.5 Å². The highest BCUT2D eigenvalue weighted by atomic mass is 35.5. The molecule has 3 rings (SSSR count). The number of anilines is 1. The number of hydrogen-bond donors (Lipinski definition) is 1. The topological polar surface area (TPSA) is 21.3 Å². The van der Waals surface area contributed by atoms with Crippen molar-refractivity contribution in [3.05, 3.63) is 59.7 Å². The maximum atomic E-state index is 5.97. The molecule has 2 aromatic rings. The molecule has 0 spiro atoms. The van der Waals surface area contributed by atoms with Crippen molar-refractivity contribution in [1.29, 1.82) is 0 Å². The van der Waals surface area contributed by atoms with Crippen molar-refractivity contribution < 1.29 is 4.74 Å². The second-order valence-electron chi connectivity index (χ2n) is 5.04. The highest BCUT2D eigenvalue weighted by Gasteiger charge is 2.20. The summed E-state index contributed by atoms with van der Waals surface area (Å²) in [5.74, 6) is 2.05. The fourth-order valence-electron chi connectivity index (χ4n) is 2.67. The SMILES string of the molecule is ClCc1ccccc1NCC1CCOc2ccccc21. The van der Waals surface area contributed by atoms with E-state index in [4.69, 9.17) is 16.3 Å². The van der Waals surface area contributed by atoms with Gasteiger partial charge in [0.1, 0.15) is 5.75 Å². The lowest BCUT2D eigenvalue weighted by molar-refractivity contribution is 0.270. The number of alkyl halides is 1. The second kappa shape index (κ2) is 6.19. The first kappa shape index (κ1) is 13.3. The Bertz CT molecular complexity index is 585. The van der Waals surface area contributed by atoms with Crippen LogP contribution >= 0.6 is 11.6 Å². The Morgan fingerprint density at radius 2 is 1.90 bits per heavy atom. The van der Waals surface area contributed by atoms with E-state index < -0.39 is 0 Å². The lowest BCUT2D eigenvalue weighted by Gasteiger charge is -2.26. The van der Waals surface area contributed by atoms with Crippen LogP contribution < -0.4 is 10.1 Å². The molecule has 2 aromatic carbocycles. The van der Waals surface area contributed by atoms with Gasteiger partial charge in [0.25, 0.3) is 0 Å². The molecule has 0 aromatic heterocycles. The molecule has 0 saturated carbocycles. The zero-order valence-corrected chi connectivity index (χ0v) is 12.1. The summed E-state index contributed by atoms with van der Waals surface area (Å²) in [6.45, 7) is 1.70. The highest BCUT2D eigenvalue weighted by Crippen LogP contribution is 2.33. The normalized spacial score (nSPS) is 17.1. The van der Waals surface area contributed by atoms with E-state index in [0.717, 1.165) is 36.6 Å². The van der Waals surface area contributed by atoms with Gasteiger partial charge in [-0.2, -0.15) is 0 Å². The van der Waals surface area contributed by atoms with Crippen LogP contribution in [0.15, 0.2) is 48.5 Å². The van der Waals surface area contributed by atoms with Crippen molar-refractivity contribution in [3.8, 4) is 5.75 Å². The molecule has 1 atom stereocenters. The number of fused-ring (bicyclic) bond motifs is 1. The van der Waals surface area contributed by atoms with Crippen LogP contribution in [0.2, 0.25) is 0 Å². The minimum absolute atomic E-state index is 0.489. The number of ether oxygens (including phenoxy) is 1. The first-order valence-corrected chi connectivity index (χ1v) is 7.51. The molecule has 0 saturated heterocycles. The summed E-state index contributed by atoms with van der Waals surface area (Å²) in [5.41, 5.74) is 3.58. The average Bonchev–Trinajstić information content (AvgIpc) is 2.53. The molecule has 0 aliphatic carbocycles. The minimum atomic E-state index is 0.489. The number of para-hydroxylation sites is 2. The average molecular weight is 288 g/mol. The summed E-state index contributed by atoms with van der Waals surface area (Å²) in [6, 6.07) is 16.5. The number of benzene rings is 2. The number of hydrogen-bond acceptors (Lipinski definition) is 2. The van der Waals surface area contributed by atoms with Crippen LogP contribution in [-0.2, 0) is 5.88 Å². The van der Waals surface area contributed by atoms with E-state index in [-0.39, 0.29) is 0 Å². The summed E-state index contributed by atoms with van der Waals surface area (Å²) in [5, 5.41) is 3.53. The maximum Gasteiger partial charge on any atom is 0.122 e. The molecule has 3 heteroatoms. The van der Waals surface area contributed by atoms with E-state index in [1.807, 2.05) is 24.3 Å². The van der Waals surface area contributed by atoms with Gasteiger partial charge in [-0.25, -0.2) is 0 Å². The number of rotatable bonds is 4. The third-order valence-electron chi connectivity index (χ3n) is 3.78. The fraction of sp³-hybridized carbons (Fsp3) is 0.294. The standard InChI is InChI=1S/C17H18ClNO/c18-11-13-5-1-3-7-16(13)19-12-14-9-10-20-17-8-4-2-6-15(14)17/h1-8,14,19H,9-12H2. The lowest BCUT2D eigenvalue weighted by Crippen LogP contribution is -2.21. The van der Waals surface area contributed by atoms with E-state index in [9.17, 15) is 0 Å². The van der Waals surface area contributed by atoms with E-state index in [1.54, 1.807) is 0 Å². The molecule has 0 bridgehead atoms. The zero-order chi connectivity index (χ0) is 13.8. The van der Waals surface area contributed by atoms with Crippen molar-refractivity contribution in [3.63, 3.8) is 0 Å². The molecule has 2 nitrogen and oxygen atoms in total. The monoisotopic (exact) mass is 287 g/mol. The third-order valence-corrected chi connectivity index (χ3v) is 4.07. The summed E-state index contributed by atoms with van der Waals surface area (Å²) >= 11 is 5.97. The summed E-state index contributed by atoms with van der Waals surface area (Å²) in [7, 11) is 0. The van der Waals surface area contributed by atoms with Crippen LogP contribution in [0.5, 0.6) is 5.75 Å². The third kappa shape index (κ3) is 2.75. The van der Waals surface area contributed by atoms with Gasteiger partial charge in [0, 0.05) is 24.0 Å². The van der Waals surface area contributed by atoms with Crippen LogP contribution in [0.3, 0.4) is 0 Å². The molecule has 0 amide bonds. The van der Waals surface area contributed by atoms with Gasteiger partial charge in [-0.15, -0.1) is 11.6 Å². The second-order valence-corrected chi connectivity index (χ2v) is 5.31. The summed E-state index contributed by atoms with van der Waals surface area (Å²) < 4.78 is 5.70. The summed E-state index contributed by atoms with van der Waals surface area (Å²) in [4.78, 5) is 0. The van der Waals surface area contributed by atoms with Crippen LogP contribution in [0.1, 0.15) is 23.5 Å². The molecule has 1 unspecified atom stereocenters. The van der Waals surface area contributed by atoms with Gasteiger partial charge in [-0.1, -0.05) is 36.4 Å². The molecule has 0 fully saturated rings. The van der Waals surface area contributed by atoms with Crippen LogP contribution in [-0.4, -0.2) is 13.2 Å². The molecule has 20 heavy (non-hydrogen) atoms. The summed E-state index contributed by atoms with van der Waals surface area (Å²) in [6.07, 6.45) is 1.05. The minimum Gasteiger partial charge on any atom is -0.493 e. The highest BCUT2D eigenvalue weighted by molar-refractivity contribution is 6.17. The number of halogens is 1. The van der Waals surface area contributed by atoms with Gasteiger partial charge < -0.3 is 10.1 Å². The van der Waals surface area contributed by atoms with Crippen molar-refractivity contribution in [1.82, 2.24) is 0 Å². The Balaban J connectivity index is 1.73. The first-order valence-electron chi connectivity index (χ1n) is 6.98. The molecule has 104 valence electrons. The van der Waals surface area contributed by atoms with Crippen LogP contribution in [0.25, 0.3) is 0 Å². The van der Waals surface area contributed by atoms with Gasteiger partial charge in [-0.3, -0.25) is 0 Å². The van der Waals surface area contributed by atoms with Gasteiger partial charge >= 0.3 is 0 Å². The van der Waals surface area contributed by atoms with Crippen molar-refractivity contribution in [2.45, 2.75) is 18.2 Å². The Labute approximate surface area is 124 Å². The fourth-order valence-corrected chi connectivity index (χ4v) is 2.90. The van der Waals surface area contributed by atoms with Crippen molar-refractivity contribution >= 4 is 17.3 Å². The smallest absolute Gasteiger partial charge is 0.122 e. The van der Waals surface area contributed by atoms with Crippen LogP contribution in [0, 0.1) is 0 Å². The number of nitrogens with one attached hydrogen (secondary N) is 1. The molecule has 1 heterocycles. The van der Waals surface area contributed by atoms with Gasteiger partial charge in [-0.05, 0) is 29.7 Å². The zero-order valence-electron chi connectivity index (χ0n) is 11.3. The maximum absolute atomic E-state index is 5.97. The van der Waals surface area contributed by atoms with Gasteiger partial charge in [0.05, 0.1) is 6.61 Å². The quantitative estimate of drug-likeness (QED) is 0.842. The Morgan fingerprint density at radius 1 is 1.10 bits per heavy atom. The molecule has 1 aliphatic heterocycles. The Kier molecular flexibility index (Phi) is 4.12.